The molecule has 0 bridgehead atoms. The number of anilines is 1. The molecule has 23 heavy (non-hydrogen) atoms. The van der Waals surface area contributed by atoms with E-state index >= 15 is 0 Å². The molecular weight excluding hydrogens is 360 g/mol. The van der Waals surface area contributed by atoms with E-state index in [4.69, 9.17) is 23.2 Å². The number of ketones is 1. The molecular formula is C16H14Cl2FNO2S. The number of halogens is 3. The second-order valence-electron chi connectivity index (χ2n) is 5.67. The number of carbonyl (C=O) groups is 2. The van der Waals surface area contributed by atoms with Crippen molar-refractivity contribution in [2.45, 2.75) is 20.3 Å². The first-order valence-electron chi connectivity index (χ1n) is 6.74. The number of Topliss-reactive ketones (excluding diaryl/α,β-unsaturated/α-hetero) is 1. The Morgan fingerprint density at radius 3 is 2.48 bits per heavy atom. The first-order valence-corrected chi connectivity index (χ1v) is 8.31. The molecule has 1 N–H and O–H groups in total. The van der Waals surface area contributed by atoms with E-state index in [9.17, 15) is 14.0 Å². The number of carbonyl (C=O) groups excluding carboxylic acids is 2. The largest absolute Gasteiger partial charge is 0.326 e. The molecule has 0 saturated carbocycles. The summed E-state index contributed by atoms with van der Waals surface area (Å²) in [6, 6.07) is 7.27. The second-order valence-corrected chi connectivity index (χ2v) is 7.79. The molecule has 0 atom stereocenters. The lowest BCUT2D eigenvalue weighted by molar-refractivity contribution is -0.123. The molecule has 1 aromatic carbocycles. The van der Waals surface area contributed by atoms with E-state index in [1.165, 1.54) is 23.5 Å². The number of hydrogen-bond acceptors (Lipinski definition) is 3. The predicted octanol–water partition coefficient (Wildman–Crippen LogP) is 5.43. The predicted molar refractivity (Wildman–Crippen MR) is 92.1 cm³/mol. The molecule has 0 aliphatic carbocycles. The first kappa shape index (κ1) is 17.9. The van der Waals surface area contributed by atoms with Gasteiger partial charge in [0.15, 0.2) is 5.78 Å². The van der Waals surface area contributed by atoms with Gasteiger partial charge in [0.2, 0.25) is 5.91 Å². The maximum absolute atomic E-state index is 13.4. The molecule has 0 saturated heterocycles. The van der Waals surface area contributed by atoms with Gasteiger partial charge in [-0.1, -0.05) is 37.0 Å². The summed E-state index contributed by atoms with van der Waals surface area (Å²) in [5, 5.41) is 2.58. The molecule has 1 heterocycles. The van der Waals surface area contributed by atoms with E-state index in [0.29, 0.717) is 9.21 Å². The molecule has 1 amide bonds. The van der Waals surface area contributed by atoms with Crippen molar-refractivity contribution in [1.29, 1.82) is 0 Å². The smallest absolute Gasteiger partial charge is 0.230 e. The summed E-state index contributed by atoms with van der Waals surface area (Å²) in [6.45, 7) is 3.31. The summed E-state index contributed by atoms with van der Waals surface area (Å²) in [5.41, 5.74) is -0.666. The van der Waals surface area contributed by atoms with Crippen LogP contribution in [0.2, 0.25) is 9.36 Å². The molecule has 3 nitrogen and oxygen atoms in total. The molecule has 0 fully saturated rings. The molecule has 0 aliphatic rings. The van der Waals surface area contributed by atoms with E-state index in [2.05, 4.69) is 5.32 Å². The highest BCUT2D eigenvalue weighted by Crippen LogP contribution is 2.29. The summed E-state index contributed by atoms with van der Waals surface area (Å²) < 4.78 is 13.9. The van der Waals surface area contributed by atoms with Crippen LogP contribution in [-0.2, 0) is 4.79 Å². The fraction of sp³-hybridized carbons (Fsp3) is 0.250. The summed E-state index contributed by atoms with van der Waals surface area (Å²) in [7, 11) is 0. The van der Waals surface area contributed by atoms with Gasteiger partial charge in [0.05, 0.1) is 19.7 Å². The molecule has 2 rings (SSSR count). The highest BCUT2D eigenvalue weighted by atomic mass is 35.5. The van der Waals surface area contributed by atoms with E-state index in [0.717, 1.165) is 6.07 Å². The van der Waals surface area contributed by atoms with Gasteiger partial charge >= 0.3 is 0 Å². The quantitative estimate of drug-likeness (QED) is 0.709. The third-order valence-corrected chi connectivity index (χ3v) is 4.82. The Hall–Kier alpha value is -1.43. The average molecular weight is 374 g/mol. The van der Waals surface area contributed by atoms with Gasteiger partial charge in [0.1, 0.15) is 5.82 Å². The van der Waals surface area contributed by atoms with Crippen molar-refractivity contribution in [2.75, 3.05) is 5.32 Å². The molecule has 0 radical (unpaired) electrons. The third-order valence-electron chi connectivity index (χ3n) is 3.24. The normalized spacial score (nSPS) is 11.3. The number of rotatable bonds is 5. The lowest BCUT2D eigenvalue weighted by atomic mass is 9.86. The first-order chi connectivity index (χ1) is 10.7. The Balaban J connectivity index is 2.07. The van der Waals surface area contributed by atoms with Gasteiger partial charge in [-0.2, -0.15) is 0 Å². The molecule has 1 aromatic heterocycles. The van der Waals surface area contributed by atoms with E-state index in [1.807, 2.05) is 0 Å². The van der Waals surface area contributed by atoms with Gasteiger partial charge < -0.3 is 5.32 Å². The summed E-state index contributed by atoms with van der Waals surface area (Å²) >= 11 is 12.6. The zero-order valence-electron chi connectivity index (χ0n) is 12.5. The number of nitrogens with one attached hydrogen (secondary N) is 1. The maximum atomic E-state index is 13.4. The Bertz CT molecular complexity index is 758. The second kappa shape index (κ2) is 6.99. The Morgan fingerprint density at radius 2 is 1.91 bits per heavy atom. The molecule has 2 aromatic rings. The highest BCUT2D eigenvalue weighted by molar-refractivity contribution is 7.18. The summed E-state index contributed by atoms with van der Waals surface area (Å²) in [5.74, 6) is -1.16. The number of amides is 1. The van der Waals surface area contributed by atoms with E-state index in [-0.39, 0.29) is 28.8 Å². The molecule has 0 spiro atoms. The van der Waals surface area contributed by atoms with Crippen LogP contribution in [0.4, 0.5) is 10.1 Å². The standard InChI is InChI=1S/C16H14Cl2FNO2S/c1-16(2,8-12(21)13-5-6-14(18)23-13)15(22)20-9-3-4-10(17)11(19)7-9/h3-7H,8H2,1-2H3,(H,20,22). The van der Waals surface area contributed by atoms with Crippen LogP contribution in [0, 0.1) is 11.2 Å². The van der Waals surface area contributed by atoms with Gasteiger partial charge in [-0.3, -0.25) is 9.59 Å². The van der Waals surface area contributed by atoms with Crippen LogP contribution in [0.5, 0.6) is 0 Å². The molecule has 122 valence electrons. The Labute approximate surface area is 147 Å². The fourth-order valence-electron chi connectivity index (χ4n) is 1.91. The minimum atomic E-state index is -0.955. The van der Waals surface area contributed by atoms with Crippen molar-refractivity contribution >= 4 is 51.9 Å². The minimum Gasteiger partial charge on any atom is -0.326 e. The highest BCUT2D eigenvalue weighted by Gasteiger charge is 2.31. The van der Waals surface area contributed by atoms with Crippen LogP contribution in [-0.4, -0.2) is 11.7 Å². The summed E-state index contributed by atoms with van der Waals surface area (Å²) in [6.07, 6.45) is 0.0196. The zero-order chi connectivity index (χ0) is 17.2. The Morgan fingerprint density at radius 1 is 1.22 bits per heavy atom. The van der Waals surface area contributed by atoms with Crippen LogP contribution in [0.15, 0.2) is 30.3 Å². The van der Waals surface area contributed by atoms with Gasteiger partial charge in [-0.25, -0.2) is 4.39 Å². The van der Waals surface area contributed by atoms with Crippen molar-refractivity contribution in [3.8, 4) is 0 Å². The summed E-state index contributed by atoms with van der Waals surface area (Å²) in [4.78, 5) is 25.1. The van der Waals surface area contributed by atoms with Crippen molar-refractivity contribution in [3.63, 3.8) is 0 Å². The van der Waals surface area contributed by atoms with Crippen molar-refractivity contribution in [2.24, 2.45) is 5.41 Å². The van der Waals surface area contributed by atoms with Crippen LogP contribution in [0.25, 0.3) is 0 Å². The SMILES string of the molecule is CC(C)(CC(=O)c1ccc(Cl)s1)C(=O)Nc1ccc(Cl)c(F)c1. The topological polar surface area (TPSA) is 46.2 Å². The van der Waals surface area contributed by atoms with Crippen molar-refractivity contribution in [1.82, 2.24) is 0 Å². The monoisotopic (exact) mass is 373 g/mol. The van der Waals surface area contributed by atoms with Crippen molar-refractivity contribution < 1.29 is 14.0 Å². The molecule has 7 heteroatoms. The van der Waals surface area contributed by atoms with Gasteiger partial charge in [-0.15, -0.1) is 11.3 Å². The Kier molecular flexibility index (Phi) is 5.45. The zero-order valence-corrected chi connectivity index (χ0v) is 14.8. The lowest BCUT2D eigenvalue weighted by Gasteiger charge is -2.22. The van der Waals surface area contributed by atoms with E-state index in [1.54, 1.807) is 26.0 Å². The number of benzene rings is 1. The van der Waals surface area contributed by atoms with E-state index < -0.39 is 11.2 Å². The van der Waals surface area contributed by atoms with Gasteiger partial charge in [-0.05, 0) is 30.3 Å². The third kappa shape index (κ3) is 4.53. The average Bonchev–Trinajstić information content (AvgIpc) is 2.89. The maximum Gasteiger partial charge on any atom is 0.230 e. The fourth-order valence-corrected chi connectivity index (χ4v) is 3.01. The van der Waals surface area contributed by atoms with Crippen LogP contribution >= 0.6 is 34.5 Å². The number of thiophene rings is 1. The minimum absolute atomic E-state index is 0.0196. The molecule has 0 aliphatic heterocycles. The van der Waals surface area contributed by atoms with Gasteiger partial charge in [0, 0.05) is 12.1 Å². The van der Waals surface area contributed by atoms with Crippen molar-refractivity contribution in [3.05, 3.63) is 50.4 Å². The lowest BCUT2D eigenvalue weighted by Crippen LogP contribution is -2.32. The number of hydrogen-bond donors (Lipinski definition) is 1. The van der Waals surface area contributed by atoms with Crippen LogP contribution < -0.4 is 5.32 Å². The molecule has 0 unspecified atom stereocenters. The van der Waals surface area contributed by atoms with Gasteiger partial charge in [0.25, 0.3) is 0 Å². The van der Waals surface area contributed by atoms with Crippen LogP contribution in [0.1, 0.15) is 29.9 Å². The van der Waals surface area contributed by atoms with Crippen LogP contribution in [0.3, 0.4) is 0 Å².